The monoisotopic (exact) mass is 268 g/mol. The van der Waals surface area contributed by atoms with Crippen LogP contribution >= 0.6 is 0 Å². The number of hydrogen-bond acceptors (Lipinski definition) is 5. The quantitative estimate of drug-likeness (QED) is 0.844. The molecule has 0 bridgehead atoms. The Balaban J connectivity index is 2.08. The largest absolute Gasteiger partial charge is 0.379 e. The molecule has 1 fully saturated rings. The highest BCUT2D eigenvalue weighted by Crippen LogP contribution is 2.18. The number of nitrogens with zero attached hydrogens (tertiary/aromatic N) is 3. The molecule has 1 N–H and O–H groups in total. The van der Waals surface area contributed by atoms with Gasteiger partial charge in [-0.15, -0.1) is 0 Å². The van der Waals surface area contributed by atoms with Crippen molar-refractivity contribution in [3.8, 4) is 12.1 Å². The van der Waals surface area contributed by atoms with Gasteiger partial charge in [0.2, 0.25) is 0 Å². The van der Waals surface area contributed by atoms with Gasteiger partial charge in [0.05, 0.1) is 13.2 Å². The van der Waals surface area contributed by atoms with E-state index in [0.29, 0.717) is 0 Å². The van der Waals surface area contributed by atoms with E-state index < -0.39 is 0 Å². The maximum atomic E-state index is 8.73. The Morgan fingerprint density at radius 1 is 1.25 bits per heavy atom. The van der Waals surface area contributed by atoms with Gasteiger partial charge in [-0.2, -0.15) is 10.5 Å². The fourth-order valence-corrected chi connectivity index (χ4v) is 2.04. The number of nitrogens with one attached hydrogen (secondary N) is 1. The lowest BCUT2D eigenvalue weighted by Crippen LogP contribution is -2.35. The number of nitriles is 2. The summed E-state index contributed by atoms with van der Waals surface area (Å²) in [5, 5.41) is 20.5. The molecule has 5 heteroatoms. The van der Waals surface area contributed by atoms with E-state index in [1.165, 1.54) is 6.20 Å². The first kappa shape index (κ1) is 14.1. The number of anilines is 1. The van der Waals surface area contributed by atoms with Crippen molar-refractivity contribution in [2.75, 3.05) is 31.6 Å². The molecule has 1 heterocycles. The SMILES string of the molecule is N#CC(C#N)=CNc1ccccc1CN1CCOCC1. The topological polar surface area (TPSA) is 72.1 Å². The maximum absolute atomic E-state index is 8.73. The van der Waals surface area contributed by atoms with Gasteiger partial charge in [0.15, 0.2) is 0 Å². The predicted octanol–water partition coefficient (Wildman–Crippen LogP) is 1.86. The van der Waals surface area contributed by atoms with Crippen molar-refractivity contribution < 1.29 is 4.74 Å². The Morgan fingerprint density at radius 3 is 2.65 bits per heavy atom. The van der Waals surface area contributed by atoms with Crippen molar-refractivity contribution >= 4 is 5.69 Å². The van der Waals surface area contributed by atoms with Gasteiger partial charge < -0.3 is 10.1 Å². The average molecular weight is 268 g/mol. The van der Waals surface area contributed by atoms with Gasteiger partial charge in [0.25, 0.3) is 0 Å². The number of rotatable bonds is 4. The highest BCUT2D eigenvalue weighted by molar-refractivity contribution is 5.55. The first-order valence-electron chi connectivity index (χ1n) is 6.48. The van der Waals surface area contributed by atoms with E-state index >= 15 is 0 Å². The van der Waals surface area contributed by atoms with E-state index in [-0.39, 0.29) is 5.57 Å². The van der Waals surface area contributed by atoms with E-state index in [1.54, 1.807) is 0 Å². The zero-order valence-corrected chi connectivity index (χ0v) is 11.2. The normalized spacial score (nSPS) is 14.9. The third-order valence-electron chi connectivity index (χ3n) is 3.13. The molecular weight excluding hydrogens is 252 g/mol. The van der Waals surface area contributed by atoms with E-state index in [1.807, 2.05) is 36.4 Å². The molecule has 2 rings (SSSR count). The summed E-state index contributed by atoms with van der Waals surface area (Å²) in [6, 6.07) is 11.6. The highest BCUT2D eigenvalue weighted by Gasteiger charge is 2.12. The van der Waals surface area contributed by atoms with Gasteiger partial charge >= 0.3 is 0 Å². The molecule has 1 aromatic rings. The van der Waals surface area contributed by atoms with Gasteiger partial charge in [-0.25, -0.2) is 0 Å². The van der Waals surface area contributed by atoms with Crippen LogP contribution in [0.5, 0.6) is 0 Å². The number of ether oxygens (including phenoxy) is 1. The van der Waals surface area contributed by atoms with Gasteiger partial charge in [0.1, 0.15) is 17.7 Å². The van der Waals surface area contributed by atoms with Crippen molar-refractivity contribution in [2.24, 2.45) is 0 Å². The number of morpholine rings is 1. The van der Waals surface area contributed by atoms with Gasteiger partial charge in [-0.1, -0.05) is 18.2 Å². The predicted molar refractivity (Wildman–Crippen MR) is 75.5 cm³/mol. The second kappa shape index (κ2) is 7.30. The van der Waals surface area contributed by atoms with E-state index in [0.717, 1.165) is 44.1 Å². The van der Waals surface area contributed by atoms with E-state index in [4.69, 9.17) is 15.3 Å². The third kappa shape index (κ3) is 3.83. The molecule has 0 unspecified atom stereocenters. The number of allylic oxidation sites excluding steroid dienone is 1. The summed E-state index contributed by atoms with van der Waals surface area (Å²) in [5.74, 6) is 0. The molecule has 0 radical (unpaired) electrons. The average Bonchev–Trinajstić information content (AvgIpc) is 2.51. The number of para-hydroxylation sites is 1. The first-order valence-corrected chi connectivity index (χ1v) is 6.48. The summed E-state index contributed by atoms with van der Waals surface area (Å²) < 4.78 is 5.34. The summed E-state index contributed by atoms with van der Waals surface area (Å²) in [7, 11) is 0. The Morgan fingerprint density at radius 2 is 1.95 bits per heavy atom. The molecule has 0 aliphatic carbocycles. The van der Waals surface area contributed by atoms with Crippen LogP contribution in [0.25, 0.3) is 0 Å². The summed E-state index contributed by atoms with van der Waals surface area (Å²) in [6.45, 7) is 4.21. The lowest BCUT2D eigenvalue weighted by molar-refractivity contribution is 0.0343. The molecule has 1 aliphatic rings. The molecule has 5 nitrogen and oxygen atoms in total. The van der Waals surface area contributed by atoms with E-state index in [9.17, 15) is 0 Å². The fourth-order valence-electron chi connectivity index (χ4n) is 2.04. The summed E-state index contributed by atoms with van der Waals surface area (Å²) in [5.41, 5.74) is 2.12. The summed E-state index contributed by atoms with van der Waals surface area (Å²) in [4.78, 5) is 2.32. The van der Waals surface area contributed by atoms with Gasteiger partial charge in [-0.3, -0.25) is 4.90 Å². The lowest BCUT2D eigenvalue weighted by atomic mass is 10.1. The van der Waals surface area contributed by atoms with Crippen LogP contribution in [-0.4, -0.2) is 31.2 Å². The van der Waals surface area contributed by atoms with Gasteiger partial charge in [-0.05, 0) is 11.6 Å². The van der Waals surface area contributed by atoms with Crippen molar-refractivity contribution in [2.45, 2.75) is 6.54 Å². The van der Waals surface area contributed by atoms with Crippen LogP contribution in [0.15, 0.2) is 36.0 Å². The molecule has 1 aliphatic heterocycles. The van der Waals surface area contributed by atoms with Crippen LogP contribution in [0.2, 0.25) is 0 Å². The maximum Gasteiger partial charge on any atom is 0.145 e. The van der Waals surface area contributed by atoms with Crippen molar-refractivity contribution in [3.63, 3.8) is 0 Å². The summed E-state index contributed by atoms with van der Waals surface area (Å²) >= 11 is 0. The highest BCUT2D eigenvalue weighted by atomic mass is 16.5. The summed E-state index contributed by atoms with van der Waals surface area (Å²) in [6.07, 6.45) is 1.44. The molecule has 0 amide bonds. The molecule has 1 saturated heterocycles. The van der Waals surface area contributed by atoms with Crippen LogP contribution in [0, 0.1) is 22.7 Å². The van der Waals surface area contributed by atoms with E-state index in [2.05, 4.69) is 10.2 Å². The third-order valence-corrected chi connectivity index (χ3v) is 3.13. The second-order valence-electron chi connectivity index (χ2n) is 4.47. The van der Waals surface area contributed by atoms with Gasteiger partial charge in [0, 0.05) is 31.5 Å². The second-order valence-corrected chi connectivity index (χ2v) is 4.47. The first-order chi connectivity index (χ1) is 9.83. The minimum absolute atomic E-state index is 0.0613. The van der Waals surface area contributed by atoms with Crippen molar-refractivity contribution in [1.82, 2.24) is 4.90 Å². The molecule has 20 heavy (non-hydrogen) atoms. The standard InChI is InChI=1S/C15H16N4O/c16-9-13(10-17)11-18-15-4-2-1-3-14(15)12-19-5-7-20-8-6-19/h1-4,11,18H,5-8,12H2. The lowest BCUT2D eigenvalue weighted by Gasteiger charge is -2.27. The zero-order valence-electron chi connectivity index (χ0n) is 11.2. The van der Waals surface area contributed by atoms with Crippen molar-refractivity contribution in [1.29, 1.82) is 10.5 Å². The smallest absolute Gasteiger partial charge is 0.145 e. The Kier molecular flexibility index (Phi) is 5.14. The number of benzene rings is 1. The van der Waals surface area contributed by atoms with Crippen LogP contribution in [0.4, 0.5) is 5.69 Å². The Hall–Kier alpha value is -2.34. The molecule has 0 atom stereocenters. The van der Waals surface area contributed by atoms with Crippen molar-refractivity contribution in [3.05, 3.63) is 41.6 Å². The van der Waals surface area contributed by atoms with Crippen LogP contribution in [0.3, 0.4) is 0 Å². The Labute approximate surface area is 118 Å². The van der Waals surface area contributed by atoms with Crippen LogP contribution in [-0.2, 0) is 11.3 Å². The minimum atomic E-state index is 0.0613. The molecule has 102 valence electrons. The number of hydrogen-bond donors (Lipinski definition) is 1. The molecule has 0 spiro atoms. The fraction of sp³-hybridized carbons (Fsp3) is 0.333. The minimum Gasteiger partial charge on any atom is -0.379 e. The van der Waals surface area contributed by atoms with Crippen LogP contribution < -0.4 is 5.32 Å². The zero-order chi connectivity index (χ0) is 14.2. The molecule has 1 aromatic carbocycles. The molecular formula is C15H16N4O. The van der Waals surface area contributed by atoms with Crippen LogP contribution in [0.1, 0.15) is 5.56 Å². The molecule has 0 saturated carbocycles. The molecule has 0 aromatic heterocycles. The Bertz CT molecular complexity index is 546.